The van der Waals surface area contributed by atoms with Crippen molar-refractivity contribution < 1.29 is 9.59 Å². The zero-order valence-corrected chi connectivity index (χ0v) is 19.6. The molecule has 2 aromatic rings. The van der Waals surface area contributed by atoms with Crippen molar-refractivity contribution in [3.63, 3.8) is 0 Å². The number of amides is 2. The summed E-state index contributed by atoms with van der Waals surface area (Å²) in [6, 6.07) is 17.1. The highest BCUT2D eigenvalue weighted by molar-refractivity contribution is 8.00. The summed E-state index contributed by atoms with van der Waals surface area (Å²) < 4.78 is 0. The average molecular weight is 459 g/mol. The summed E-state index contributed by atoms with van der Waals surface area (Å²) >= 11 is 7.43. The van der Waals surface area contributed by atoms with E-state index in [-0.39, 0.29) is 23.6 Å². The van der Waals surface area contributed by atoms with Crippen LogP contribution in [0.5, 0.6) is 0 Å². The van der Waals surface area contributed by atoms with Gasteiger partial charge >= 0.3 is 0 Å². The van der Waals surface area contributed by atoms with Crippen molar-refractivity contribution in [1.82, 2.24) is 10.2 Å². The van der Waals surface area contributed by atoms with Crippen LogP contribution in [0.3, 0.4) is 0 Å². The molecule has 6 heteroatoms. The number of hydrogen-bond acceptors (Lipinski definition) is 3. The maximum absolute atomic E-state index is 13.3. The van der Waals surface area contributed by atoms with Gasteiger partial charge in [-0.25, -0.2) is 0 Å². The van der Waals surface area contributed by atoms with Crippen molar-refractivity contribution in [2.24, 2.45) is 0 Å². The molecule has 1 unspecified atom stereocenters. The van der Waals surface area contributed by atoms with Crippen molar-refractivity contribution >= 4 is 35.2 Å². The van der Waals surface area contributed by atoms with E-state index in [1.54, 1.807) is 4.90 Å². The van der Waals surface area contributed by atoms with E-state index in [4.69, 9.17) is 11.6 Å². The number of carbonyl (C=O) groups excluding carboxylic acids is 2. The van der Waals surface area contributed by atoms with E-state index in [0.29, 0.717) is 18.0 Å². The Kier molecular flexibility index (Phi) is 9.29. The van der Waals surface area contributed by atoms with Crippen LogP contribution < -0.4 is 5.32 Å². The first kappa shape index (κ1) is 23.7. The SMILES string of the molecule is CCC(C(=O)NC1CCCCC1)N(Cc1ccccc1)C(=O)CSc1ccc(Cl)cc1. The highest BCUT2D eigenvalue weighted by Crippen LogP contribution is 2.23. The number of nitrogens with one attached hydrogen (secondary N) is 1. The van der Waals surface area contributed by atoms with Crippen LogP contribution in [0.1, 0.15) is 51.0 Å². The van der Waals surface area contributed by atoms with Crippen LogP contribution in [0.4, 0.5) is 0 Å². The summed E-state index contributed by atoms with van der Waals surface area (Å²) in [7, 11) is 0. The Labute approximate surface area is 194 Å². The fraction of sp³-hybridized carbons (Fsp3) is 0.440. The average Bonchev–Trinajstić information content (AvgIpc) is 2.79. The van der Waals surface area contributed by atoms with Gasteiger partial charge in [0.15, 0.2) is 0 Å². The van der Waals surface area contributed by atoms with Crippen LogP contribution in [0.25, 0.3) is 0 Å². The maximum atomic E-state index is 13.3. The predicted molar refractivity (Wildman–Crippen MR) is 128 cm³/mol. The van der Waals surface area contributed by atoms with Crippen molar-refractivity contribution in [2.45, 2.75) is 69.0 Å². The molecule has 2 amide bonds. The van der Waals surface area contributed by atoms with Gasteiger partial charge in [-0.3, -0.25) is 9.59 Å². The number of hydrogen-bond donors (Lipinski definition) is 1. The smallest absolute Gasteiger partial charge is 0.243 e. The fourth-order valence-electron chi connectivity index (χ4n) is 4.00. The van der Waals surface area contributed by atoms with Gasteiger partial charge in [-0.15, -0.1) is 11.8 Å². The molecule has 1 aliphatic rings. The van der Waals surface area contributed by atoms with Crippen molar-refractivity contribution in [2.75, 3.05) is 5.75 Å². The topological polar surface area (TPSA) is 49.4 Å². The van der Waals surface area contributed by atoms with Crippen molar-refractivity contribution in [3.8, 4) is 0 Å². The molecule has 0 heterocycles. The molecule has 0 radical (unpaired) electrons. The number of thioether (sulfide) groups is 1. The molecule has 31 heavy (non-hydrogen) atoms. The Balaban J connectivity index is 1.72. The van der Waals surface area contributed by atoms with Gasteiger partial charge in [0.25, 0.3) is 0 Å². The van der Waals surface area contributed by atoms with Crippen molar-refractivity contribution in [3.05, 3.63) is 65.2 Å². The number of nitrogens with zero attached hydrogens (tertiary/aromatic N) is 1. The molecule has 4 nitrogen and oxygen atoms in total. The second kappa shape index (κ2) is 12.2. The molecule has 1 saturated carbocycles. The Morgan fingerprint density at radius 2 is 1.74 bits per heavy atom. The number of halogens is 1. The van der Waals surface area contributed by atoms with Gasteiger partial charge in [-0.05, 0) is 49.1 Å². The second-order valence-electron chi connectivity index (χ2n) is 8.02. The molecule has 0 spiro atoms. The van der Waals surface area contributed by atoms with Gasteiger partial charge < -0.3 is 10.2 Å². The Hall–Kier alpha value is -1.98. The zero-order chi connectivity index (χ0) is 22.1. The third-order valence-corrected chi connectivity index (χ3v) is 6.96. The summed E-state index contributed by atoms with van der Waals surface area (Å²) in [5.74, 6) is 0.214. The molecule has 166 valence electrons. The fourth-order valence-corrected chi connectivity index (χ4v) is 4.91. The lowest BCUT2D eigenvalue weighted by Gasteiger charge is -2.32. The Bertz CT molecular complexity index is 838. The molecule has 2 aromatic carbocycles. The van der Waals surface area contributed by atoms with Crippen LogP contribution in [0.15, 0.2) is 59.5 Å². The summed E-state index contributed by atoms with van der Waals surface area (Å²) in [5.41, 5.74) is 1.02. The highest BCUT2D eigenvalue weighted by atomic mass is 35.5. The van der Waals surface area contributed by atoms with Crippen LogP contribution in [0, 0.1) is 0 Å². The van der Waals surface area contributed by atoms with Crippen molar-refractivity contribution in [1.29, 1.82) is 0 Å². The minimum atomic E-state index is -0.472. The minimum Gasteiger partial charge on any atom is -0.352 e. The molecule has 1 aliphatic carbocycles. The first-order valence-electron chi connectivity index (χ1n) is 11.1. The quantitative estimate of drug-likeness (QED) is 0.491. The summed E-state index contributed by atoms with van der Waals surface area (Å²) in [6.45, 7) is 2.40. The lowest BCUT2D eigenvalue weighted by molar-refractivity contribution is -0.139. The first-order valence-corrected chi connectivity index (χ1v) is 12.4. The lowest BCUT2D eigenvalue weighted by Crippen LogP contribution is -2.52. The van der Waals surface area contributed by atoms with Gasteiger partial charge in [0.1, 0.15) is 6.04 Å². The standard InChI is InChI=1S/C25H31ClN2O2S/c1-2-23(25(30)27-21-11-7-4-8-12-21)28(17-19-9-5-3-6-10-19)24(29)18-31-22-15-13-20(26)14-16-22/h3,5-6,9-10,13-16,21,23H,2,4,7-8,11-12,17-18H2,1H3,(H,27,30). The molecule has 1 N–H and O–H groups in total. The predicted octanol–water partition coefficient (Wildman–Crippen LogP) is 5.69. The zero-order valence-electron chi connectivity index (χ0n) is 18.1. The molecule has 1 fully saturated rings. The Morgan fingerprint density at radius 3 is 2.39 bits per heavy atom. The molecule has 0 saturated heterocycles. The molecule has 0 aromatic heterocycles. The van der Waals surface area contributed by atoms with Gasteiger partial charge in [0.2, 0.25) is 11.8 Å². The van der Waals surface area contributed by atoms with Gasteiger partial charge in [-0.2, -0.15) is 0 Å². The van der Waals surface area contributed by atoms with E-state index in [2.05, 4.69) is 5.32 Å². The van der Waals surface area contributed by atoms with Crippen LogP contribution in [-0.2, 0) is 16.1 Å². The van der Waals surface area contributed by atoms with Gasteiger partial charge in [0, 0.05) is 22.5 Å². The molecule has 0 aliphatic heterocycles. The third-order valence-electron chi connectivity index (χ3n) is 5.71. The molecule has 3 rings (SSSR count). The van der Waals surface area contributed by atoms with E-state index in [0.717, 1.165) is 36.1 Å². The van der Waals surface area contributed by atoms with E-state index >= 15 is 0 Å². The number of carbonyl (C=O) groups is 2. The summed E-state index contributed by atoms with van der Waals surface area (Å²) in [6.07, 6.45) is 6.20. The Morgan fingerprint density at radius 1 is 1.06 bits per heavy atom. The first-order chi connectivity index (χ1) is 15.1. The number of rotatable bonds is 9. The molecule has 0 bridgehead atoms. The normalized spacial score (nSPS) is 15.3. The largest absolute Gasteiger partial charge is 0.352 e. The minimum absolute atomic E-state index is 0.0322. The van der Waals surface area contributed by atoms with E-state index in [9.17, 15) is 9.59 Å². The van der Waals surface area contributed by atoms with Crippen LogP contribution >= 0.6 is 23.4 Å². The van der Waals surface area contributed by atoms with Gasteiger partial charge in [-0.1, -0.05) is 68.1 Å². The molecular weight excluding hydrogens is 428 g/mol. The van der Waals surface area contributed by atoms with E-state index < -0.39 is 6.04 Å². The lowest BCUT2D eigenvalue weighted by atomic mass is 9.95. The number of benzene rings is 2. The highest BCUT2D eigenvalue weighted by Gasteiger charge is 2.30. The maximum Gasteiger partial charge on any atom is 0.243 e. The van der Waals surface area contributed by atoms with Crippen LogP contribution in [-0.4, -0.2) is 34.6 Å². The summed E-state index contributed by atoms with van der Waals surface area (Å²) in [5, 5.41) is 3.89. The third kappa shape index (κ3) is 7.29. The van der Waals surface area contributed by atoms with E-state index in [1.165, 1.54) is 18.2 Å². The second-order valence-corrected chi connectivity index (χ2v) is 9.50. The van der Waals surface area contributed by atoms with Gasteiger partial charge in [0.05, 0.1) is 5.75 Å². The molecule has 1 atom stereocenters. The summed E-state index contributed by atoms with van der Waals surface area (Å²) in [4.78, 5) is 29.2. The monoisotopic (exact) mass is 458 g/mol. The van der Waals surface area contributed by atoms with E-state index in [1.807, 2.05) is 61.5 Å². The molecular formula is C25H31ClN2O2S. The van der Waals surface area contributed by atoms with Crippen LogP contribution in [0.2, 0.25) is 5.02 Å².